The number of hydrogen-bond acceptors (Lipinski definition) is 4. The molecule has 2 aromatic carbocycles. The number of para-hydroxylation sites is 1. The van der Waals surface area contributed by atoms with Gasteiger partial charge in [0.05, 0.1) is 26.4 Å². The molecule has 0 fully saturated rings. The Bertz CT molecular complexity index is 653. The van der Waals surface area contributed by atoms with E-state index in [1.54, 1.807) is 25.3 Å². The van der Waals surface area contributed by atoms with Gasteiger partial charge in [-0.25, -0.2) is 0 Å². The zero-order valence-corrected chi connectivity index (χ0v) is 13.6. The average Bonchev–Trinajstić information content (AvgIpc) is 2.60. The van der Waals surface area contributed by atoms with Crippen LogP contribution in [0, 0.1) is 0 Å². The zero-order valence-electron chi connectivity index (χ0n) is 13.6. The van der Waals surface area contributed by atoms with Crippen molar-refractivity contribution in [2.24, 2.45) is 0 Å². The molecule has 0 aliphatic heterocycles. The van der Waals surface area contributed by atoms with Crippen LogP contribution in [-0.2, 0) is 6.54 Å². The Balaban J connectivity index is 2.05. The third kappa shape index (κ3) is 4.16. The highest BCUT2D eigenvalue weighted by atomic mass is 16.5. The molecule has 2 aromatic rings. The smallest absolute Gasteiger partial charge is 0.255 e. The van der Waals surface area contributed by atoms with E-state index < -0.39 is 0 Å². The zero-order chi connectivity index (χ0) is 16.7. The van der Waals surface area contributed by atoms with Gasteiger partial charge in [0.25, 0.3) is 5.91 Å². The highest BCUT2D eigenvalue weighted by molar-refractivity contribution is 5.97. The Hall–Kier alpha value is -2.69. The molecule has 1 N–H and O–H groups in total. The third-order valence-corrected chi connectivity index (χ3v) is 3.33. The molecule has 122 valence electrons. The highest BCUT2D eigenvalue weighted by Gasteiger charge is 2.15. The van der Waals surface area contributed by atoms with Crippen molar-refractivity contribution in [3.63, 3.8) is 0 Å². The van der Waals surface area contributed by atoms with Gasteiger partial charge in [-0.3, -0.25) is 4.79 Å². The molecule has 0 aliphatic carbocycles. The molecule has 0 spiro atoms. The number of benzene rings is 2. The molecule has 1 amide bonds. The minimum absolute atomic E-state index is 0.213. The number of ether oxygens (including phenoxy) is 3. The lowest BCUT2D eigenvalue weighted by Gasteiger charge is -2.12. The van der Waals surface area contributed by atoms with Crippen molar-refractivity contribution < 1.29 is 19.0 Å². The van der Waals surface area contributed by atoms with E-state index in [0.717, 1.165) is 11.3 Å². The molecule has 0 radical (unpaired) electrons. The summed E-state index contributed by atoms with van der Waals surface area (Å²) in [5.41, 5.74) is 1.43. The van der Waals surface area contributed by atoms with Gasteiger partial charge in [-0.05, 0) is 36.8 Å². The summed E-state index contributed by atoms with van der Waals surface area (Å²) in [5.74, 6) is 1.56. The van der Waals surface area contributed by atoms with Gasteiger partial charge < -0.3 is 19.5 Å². The van der Waals surface area contributed by atoms with E-state index >= 15 is 0 Å². The van der Waals surface area contributed by atoms with Crippen LogP contribution >= 0.6 is 0 Å². The summed E-state index contributed by atoms with van der Waals surface area (Å²) >= 11 is 0. The third-order valence-electron chi connectivity index (χ3n) is 3.33. The number of methoxy groups -OCH3 is 2. The molecule has 5 heteroatoms. The quantitative estimate of drug-likeness (QED) is 0.853. The largest absolute Gasteiger partial charge is 0.494 e. The fraction of sp³-hybridized carbons (Fsp3) is 0.278. The SMILES string of the molecule is CCOc1ccc(CNC(=O)c2cccc(OC)c2OC)cc1. The molecule has 0 saturated heterocycles. The van der Waals surface area contributed by atoms with E-state index in [0.29, 0.717) is 30.2 Å². The number of rotatable bonds is 7. The molecule has 0 bridgehead atoms. The van der Waals surface area contributed by atoms with Gasteiger partial charge in [-0.15, -0.1) is 0 Å². The van der Waals surface area contributed by atoms with Crippen LogP contribution in [0.3, 0.4) is 0 Å². The van der Waals surface area contributed by atoms with Crippen LogP contribution < -0.4 is 19.5 Å². The van der Waals surface area contributed by atoms with E-state index in [1.807, 2.05) is 31.2 Å². The second-order valence-corrected chi connectivity index (χ2v) is 4.80. The molecule has 0 atom stereocenters. The van der Waals surface area contributed by atoms with Gasteiger partial charge in [0, 0.05) is 6.54 Å². The van der Waals surface area contributed by atoms with Crippen molar-refractivity contribution in [2.75, 3.05) is 20.8 Å². The van der Waals surface area contributed by atoms with Crippen LogP contribution in [0.5, 0.6) is 17.2 Å². The molecule has 0 unspecified atom stereocenters. The van der Waals surface area contributed by atoms with Crippen molar-refractivity contribution in [2.45, 2.75) is 13.5 Å². The topological polar surface area (TPSA) is 56.8 Å². The first kappa shape index (κ1) is 16.7. The molecule has 0 saturated carbocycles. The summed E-state index contributed by atoms with van der Waals surface area (Å²) in [7, 11) is 3.06. The average molecular weight is 315 g/mol. The monoisotopic (exact) mass is 315 g/mol. The van der Waals surface area contributed by atoms with Crippen molar-refractivity contribution in [1.82, 2.24) is 5.32 Å². The lowest BCUT2D eigenvalue weighted by Crippen LogP contribution is -2.23. The van der Waals surface area contributed by atoms with E-state index in [1.165, 1.54) is 7.11 Å². The van der Waals surface area contributed by atoms with Crippen LogP contribution in [0.25, 0.3) is 0 Å². The van der Waals surface area contributed by atoms with Crippen LogP contribution in [0.15, 0.2) is 42.5 Å². The van der Waals surface area contributed by atoms with Crippen LogP contribution in [-0.4, -0.2) is 26.7 Å². The fourth-order valence-electron chi connectivity index (χ4n) is 2.21. The summed E-state index contributed by atoms with van der Waals surface area (Å²) in [6, 6.07) is 12.8. The van der Waals surface area contributed by atoms with Gasteiger partial charge in [-0.2, -0.15) is 0 Å². The number of nitrogens with one attached hydrogen (secondary N) is 1. The summed E-state index contributed by atoms with van der Waals surface area (Å²) in [6.07, 6.45) is 0. The maximum atomic E-state index is 12.4. The van der Waals surface area contributed by atoms with Crippen LogP contribution in [0.4, 0.5) is 0 Å². The van der Waals surface area contributed by atoms with Crippen molar-refractivity contribution in [3.05, 3.63) is 53.6 Å². The predicted molar refractivity (Wildman–Crippen MR) is 88.3 cm³/mol. The predicted octanol–water partition coefficient (Wildman–Crippen LogP) is 3.03. The molecular formula is C18H21NO4. The number of carbonyl (C=O) groups is 1. The molecular weight excluding hydrogens is 294 g/mol. The number of amides is 1. The minimum Gasteiger partial charge on any atom is -0.494 e. The molecule has 0 aromatic heterocycles. The van der Waals surface area contributed by atoms with Crippen molar-refractivity contribution in [1.29, 1.82) is 0 Å². The van der Waals surface area contributed by atoms with Crippen LogP contribution in [0.1, 0.15) is 22.8 Å². The van der Waals surface area contributed by atoms with E-state index in [2.05, 4.69) is 5.32 Å². The first-order valence-corrected chi connectivity index (χ1v) is 7.40. The lowest BCUT2D eigenvalue weighted by molar-refractivity contribution is 0.0947. The summed E-state index contributed by atoms with van der Waals surface area (Å²) in [5, 5.41) is 2.88. The Kier molecular flexibility index (Phi) is 5.86. The van der Waals surface area contributed by atoms with Crippen molar-refractivity contribution in [3.8, 4) is 17.2 Å². The van der Waals surface area contributed by atoms with Gasteiger partial charge in [0.15, 0.2) is 11.5 Å². The van der Waals surface area contributed by atoms with Crippen molar-refractivity contribution >= 4 is 5.91 Å². The van der Waals surface area contributed by atoms with Gasteiger partial charge in [0.1, 0.15) is 5.75 Å². The second kappa shape index (κ2) is 8.08. The summed E-state index contributed by atoms with van der Waals surface area (Å²) < 4.78 is 15.9. The Morgan fingerprint density at radius 3 is 2.39 bits per heavy atom. The summed E-state index contributed by atoms with van der Waals surface area (Å²) in [4.78, 5) is 12.4. The highest BCUT2D eigenvalue weighted by Crippen LogP contribution is 2.30. The minimum atomic E-state index is -0.213. The normalized spacial score (nSPS) is 10.0. The number of hydrogen-bond donors (Lipinski definition) is 1. The number of carbonyl (C=O) groups excluding carboxylic acids is 1. The maximum absolute atomic E-state index is 12.4. The Morgan fingerprint density at radius 2 is 1.78 bits per heavy atom. The van der Waals surface area contributed by atoms with Crippen LogP contribution in [0.2, 0.25) is 0 Å². The fourth-order valence-corrected chi connectivity index (χ4v) is 2.21. The van der Waals surface area contributed by atoms with E-state index in [9.17, 15) is 4.79 Å². The van der Waals surface area contributed by atoms with Gasteiger partial charge >= 0.3 is 0 Å². The lowest BCUT2D eigenvalue weighted by atomic mass is 10.1. The first-order chi connectivity index (χ1) is 11.2. The molecule has 5 nitrogen and oxygen atoms in total. The van der Waals surface area contributed by atoms with E-state index in [4.69, 9.17) is 14.2 Å². The summed E-state index contributed by atoms with van der Waals surface area (Å²) in [6.45, 7) is 2.99. The molecule has 0 heterocycles. The molecule has 2 rings (SSSR count). The second-order valence-electron chi connectivity index (χ2n) is 4.80. The Morgan fingerprint density at radius 1 is 1.04 bits per heavy atom. The van der Waals surface area contributed by atoms with E-state index in [-0.39, 0.29) is 5.91 Å². The maximum Gasteiger partial charge on any atom is 0.255 e. The van der Waals surface area contributed by atoms with Gasteiger partial charge in [0.2, 0.25) is 0 Å². The molecule has 0 aliphatic rings. The first-order valence-electron chi connectivity index (χ1n) is 7.40. The van der Waals surface area contributed by atoms with Gasteiger partial charge in [-0.1, -0.05) is 18.2 Å². The molecule has 23 heavy (non-hydrogen) atoms. The standard InChI is InChI=1S/C18H21NO4/c1-4-23-14-10-8-13(9-11-14)12-19-18(20)15-6-5-7-16(21-2)17(15)22-3/h5-11H,4,12H2,1-3H3,(H,19,20). The Labute approximate surface area is 136 Å².